The number of imidazole rings is 1. The molecule has 160 valence electrons. The van der Waals surface area contributed by atoms with Gasteiger partial charge in [-0.15, -0.1) is 0 Å². The van der Waals surface area contributed by atoms with E-state index in [2.05, 4.69) is 29.8 Å². The molecule has 4 aromatic rings. The highest BCUT2D eigenvalue weighted by Crippen LogP contribution is 2.36. The van der Waals surface area contributed by atoms with Gasteiger partial charge >= 0.3 is 6.18 Å². The van der Waals surface area contributed by atoms with Gasteiger partial charge in [-0.2, -0.15) is 13.2 Å². The summed E-state index contributed by atoms with van der Waals surface area (Å²) in [5, 5.41) is 0.564. The number of nitrogens with zero attached hydrogens (tertiary/aromatic N) is 5. The summed E-state index contributed by atoms with van der Waals surface area (Å²) >= 11 is 0. The zero-order valence-electron chi connectivity index (χ0n) is 16.6. The van der Waals surface area contributed by atoms with Crippen molar-refractivity contribution in [3.8, 4) is 5.75 Å². The smallest absolute Gasteiger partial charge is 0.433 e. The second-order valence-electron chi connectivity index (χ2n) is 7.57. The first-order valence-electron chi connectivity index (χ1n) is 9.93. The van der Waals surface area contributed by atoms with Crippen molar-refractivity contribution >= 4 is 27.9 Å². The number of nitrogens with one attached hydrogen (secondary N) is 1. The number of aryl methyl sites for hydroxylation is 1. The topological polar surface area (TPSA) is 79.8 Å². The molecule has 0 radical (unpaired) electrons. The number of rotatable bonds is 4. The quantitative estimate of drug-likeness (QED) is 0.523. The maximum absolute atomic E-state index is 13.4. The highest BCUT2D eigenvalue weighted by atomic mass is 19.4. The van der Waals surface area contributed by atoms with Gasteiger partial charge in [-0.05, 0) is 31.4 Å². The number of halogens is 3. The first-order chi connectivity index (χ1) is 14.9. The molecule has 0 amide bonds. The average Bonchev–Trinajstić information content (AvgIpc) is 3.40. The lowest BCUT2D eigenvalue weighted by molar-refractivity contribution is -0.141. The van der Waals surface area contributed by atoms with E-state index in [4.69, 9.17) is 4.74 Å². The molecule has 1 saturated heterocycles. The highest BCUT2D eigenvalue weighted by Gasteiger charge is 2.34. The van der Waals surface area contributed by atoms with Crippen LogP contribution in [0.2, 0.25) is 0 Å². The number of para-hydroxylation sites is 1. The minimum absolute atomic E-state index is 0.0443. The number of H-pyrrole nitrogens is 1. The zero-order valence-corrected chi connectivity index (χ0v) is 16.6. The van der Waals surface area contributed by atoms with E-state index in [1.54, 1.807) is 31.5 Å². The molecule has 5 rings (SSSR count). The van der Waals surface area contributed by atoms with E-state index in [-0.39, 0.29) is 18.4 Å². The van der Waals surface area contributed by atoms with Gasteiger partial charge in [0.1, 0.15) is 29.9 Å². The Morgan fingerprint density at radius 3 is 2.90 bits per heavy atom. The third-order valence-corrected chi connectivity index (χ3v) is 5.57. The third kappa shape index (κ3) is 3.51. The third-order valence-electron chi connectivity index (χ3n) is 5.57. The average molecular weight is 428 g/mol. The van der Waals surface area contributed by atoms with Crippen molar-refractivity contribution in [3.05, 3.63) is 48.2 Å². The fourth-order valence-corrected chi connectivity index (χ4v) is 4.06. The van der Waals surface area contributed by atoms with Crippen LogP contribution in [0.4, 0.5) is 19.0 Å². The zero-order chi connectivity index (χ0) is 21.6. The summed E-state index contributed by atoms with van der Waals surface area (Å²) < 4.78 is 46.2. The Hall–Kier alpha value is -3.43. The van der Waals surface area contributed by atoms with Crippen molar-refractivity contribution in [2.75, 3.05) is 18.1 Å². The molecule has 1 aliphatic rings. The first kappa shape index (κ1) is 19.5. The lowest BCUT2D eigenvalue weighted by atomic mass is 10.1. The van der Waals surface area contributed by atoms with Gasteiger partial charge in [0.2, 0.25) is 0 Å². The maximum Gasteiger partial charge on any atom is 0.433 e. The standard InChI is InChI=1S/C21H19F3N6O/c1-12-4-2-6-14-15(8-16(21(22,23)24)29-17(12)14)31-9-13-5-3-7-30(13)20-18-19(26-10-25-18)27-11-28-20/h2,4,6,8,10-11,13H,3,5,7,9H2,1H3,(H,25,26,27,28)/t13-/m1/s1. The monoisotopic (exact) mass is 428 g/mol. The van der Waals surface area contributed by atoms with Gasteiger partial charge in [-0.1, -0.05) is 12.1 Å². The van der Waals surface area contributed by atoms with Crippen molar-refractivity contribution in [3.63, 3.8) is 0 Å². The van der Waals surface area contributed by atoms with Crippen LogP contribution in [0.1, 0.15) is 24.1 Å². The molecule has 31 heavy (non-hydrogen) atoms. The molecular formula is C21H19F3N6O. The van der Waals surface area contributed by atoms with E-state index >= 15 is 0 Å². The van der Waals surface area contributed by atoms with E-state index in [9.17, 15) is 13.2 Å². The van der Waals surface area contributed by atoms with Crippen LogP contribution in [-0.2, 0) is 6.18 Å². The van der Waals surface area contributed by atoms with Crippen LogP contribution >= 0.6 is 0 Å². The van der Waals surface area contributed by atoms with Crippen LogP contribution in [0.15, 0.2) is 36.9 Å². The molecule has 4 heterocycles. The summed E-state index contributed by atoms with van der Waals surface area (Å²) in [7, 11) is 0. The number of anilines is 1. The van der Waals surface area contributed by atoms with Crippen LogP contribution in [0.5, 0.6) is 5.75 Å². The lowest BCUT2D eigenvalue weighted by Crippen LogP contribution is -2.35. The molecule has 0 spiro atoms. The second-order valence-corrected chi connectivity index (χ2v) is 7.57. The summed E-state index contributed by atoms with van der Waals surface area (Å²) in [4.78, 5) is 21.8. The summed E-state index contributed by atoms with van der Waals surface area (Å²) in [6.45, 7) is 2.72. The van der Waals surface area contributed by atoms with Gasteiger partial charge in [0, 0.05) is 18.0 Å². The van der Waals surface area contributed by atoms with Crippen LogP contribution in [0.25, 0.3) is 22.1 Å². The summed E-state index contributed by atoms with van der Waals surface area (Å²) in [5.74, 6) is 0.879. The van der Waals surface area contributed by atoms with Gasteiger partial charge < -0.3 is 14.6 Å². The Morgan fingerprint density at radius 1 is 1.19 bits per heavy atom. The summed E-state index contributed by atoms with van der Waals surface area (Å²) in [6.07, 6.45) is 0.244. The van der Waals surface area contributed by atoms with E-state index < -0.39 is 11.9 Å². The fraction of sp³-hybridized carbons (Fsp3) is 0.333. The SMILES string of the molecule is Cc1cccc2c(OC[C@H]3CCCN3c3ncnc4[nH]cnc34)cc(C(F)(F)F)nc12. The second kappa shape index (κ2) is 7.36. The molecule has 0 saturated carbocycles. The maximum atomic E-state index is 13.4. The van der Waals surface area contributed by atoms with Gasteiger partial charge in [0.05, 0.1) is 17.9 Å². The largest absolute Gasteiger partial charge is 0.491 e. The van der Waals surface area contributed by atoms with E-state index in [1.807, 2.05) is 0 Å². The number of hydrogen-bond donors (Lipinski definition) is 1. The molecular weight excluding hydrogens is 409 g/mol. The Kier molecular flexibility index (Phi) is 4.64. The minimum Gasteiger partial charge on any atom is -0.491 e. The minimum atomic E-state index is -4.56. The van der Waals surface area contributed by atoms with Crippen LogP contribution in [0.3, 0.4) is 0 Å². The van der Waals surface area contributed by atoms with E-state index in [1.165, 1.54) is 6.33 Å². The number of ether oxygens (including phenoxy) is 1. The molecule has 1 N–H and O–H groups in total. The Morgan fingerprint density at radius 2 is 2.06 bits per heavy atom. The van der Waals surface area contributed by atoms with Crippen molar-refractivity contribution in [1.82, 2.24) is 24.9 Å². The highest BCUT2D eigenvalue weighted by molar-refractivity contribution is 5.88. The Balaban J connectivity index is 1.46. The normalized spacial score (nSPS) is 17.0. The molecule has 0 unspecified atom stereocenters. The number of aromatic nitrogens is 5. The number of hydrogen-bond acceptors (Lipinski definition) is 6. The van der Waals surface area contributed by atoms with Crippen LogP contribution in [-0.4, -0.2) is 44.1 Å². The number of aromatic amines is 1. The molecule has 1 atom stereocenters. The van der Waals surface area contributed by atoms with E-state index in [0.29, 0.717) is 33.4 Å². The molecule has 1 aromatic carbocycles. The predicted molar refractivity (Wildman–Crippen MR) is 109 cm³/mol. The fourth-order valence-electron chi connectivity index (χ4n) is 4.06. The number of fused-ring (bicyclic) bond motifs is 2. The molecule has 10 heteroatoms. The van der Waals surface area contributed by atoms with Gasteiger partial charge in [-0.25, -0.2) is 19.9 Å². The predicted octanol–water partition coefficient (Wildman–Crippen LogP) is 4.28. The van der Waals surface area contributed by atoms with Crippen molar-refractivity contribution in [2.24, 2.45) is 0 Å². The van der Waals surface area contributed by atoms with Gasteiger partial charge in [0.25, 0.3) is 0 Å². The van der Waals surface area contributed by atoms with E-state index in [0.717, 1.165) is 25.5 Å². The Labute approximate surface area is 175 Å². The van der Waals surface area contributed by atoms with Gasteiger partial charge in [-0.3, -0.25) is 0 Å². The van der Waals surface area contributed by atoms with Crippen molar-refractivity contribution < 1.29 is 17.9 Å². The van der Waals surface area contributed by atoms with Gasteiger partial charge in [0.15, 0.2) is 11.5 Å². The van der Waals surface area contributed by atoms with Crippen molar-refractivity contribution in [2.45, 2.75) is 32.0 Å². The number of pyridine rings is 1. The molecule has 1 aliphatic heterocycles. The van der Waals surface area contributed by atoms with Crippen molar-refractivity contribution in [1.29, 1.82) is 0 Å². The molecule has 1 fully saturated rings. The molecule has 0 aliphatic carbocycles. The molecule has 0 bridgehead atoms. The Bertz CT molecular complexity index is 1260. The summed E-state index contributed by atoms with van der Waals surface area (Å²) in [6, 6.07) is 6.20. The molecule has 7 nitrogen and oxygen atoms in total. The lowest BCUT2D eigenvalue weighted by Gasteiger charge is -2.26. The van der Waals surface area contributed by atoms with Crippen LogP contribution in [0, 0.1) is 6.92 Å². The number of alkyl halides is 3. The number of benzene rings is 1. The van der Waals surface area contributed by atoms with Crippen LogP contribution < -0.4 is 9.64 Å². The first-order valence-corrected chi connectivity index (χ1v) is 9.93. The summed E-state index contributed by atoms with van der Waals surface area (Å²) in [5.41, 5.74) is 1.31. The molecule has 3 aromatic heterocycles.